The van der Waals surface area contributed by atoms with Gasteiger partial charge in [-0.3, -0.25) is 4.79 Å². The number of halogens is 2. The molecular weight excluding hydrogens is 1350 g/mol. The number of nitrogens with one attached hydrogen (secondary N) is 1. The molecule has 0 bridgehead atoms. The van der Waals surface area contributed by atoms with Crippen LogP contribution in [0.15, 0.2) is 148 Å². The molecule has 5 aromatic carbocycles. The third-order valence-electron chi connectivity index (χ3n) is 15.8. The van der Waals surface area contributed by atoms with Crippen LogP contribution in [-0.2, 0) is 23.7 Å². The molecule has 103 heavy (non-hydrogen) atoms. The summed E-state index contributed by atoms with van der Waals surface area (Å²) >= 11 is 11.2. The minimum Gasteiger partial charge on any atom is -0.448 e. The van der Waals surface area contributed by atoms with E-state index in [2.05, 4.69) is 42.4 Å². The van der Waals surface area contributed by atoms with Crippen LogP contribution in [0.4, 0.5) is 21.9 Å². The number of alkyl halides is 2. The molecule has 5 N–H and O–H groups in total. The number of aldehydes is 1. The second-order valence-electron chi connectivity index (χ2n) is 23.5. The van der Waals surface area contributed by atoms with Gasteiger partial charge in [0.2, 0.25) is 11.8 Å². The molecule has 544 valence electrons. The predicted molar refractivity (Wildman–Crippen MR) is 410 cm³/mol. The number of anilines is 3. The van der Waals surface area contributed by atoms with Gasteiger partial charge in [0.15, 0.2) is 17.5 Å². The quantitative estimate of drug-likeness (QED) is 0.0121. The van der Waals surface area contributed by atoms with E-state index < -0.39 is 6.09 Å². The largest absolute Gasteiger partial charge is 0.448 e. The molecule has 23 nitrogen and oxygen atoms in total. The number of hydrogen-bond acceptors (Lipinski definition) is 22. The molecule has 25 heteroatoms. The maximum atomic E-state index is 12.0. The Morgan fingerprint density at radius 3 is 1.32 bits per heavy atom. The first-order valence-electron chi connectivity index (χ1n) is 34.4. The third-order valence-corrected chi connectivity index (χ3v) is 16.3. The molecule has 5 aromatic heterocycles. The number of carbonyl (C=O) groups excluding carboxylic acids is 2. The monoisotopic (exact) mass is 1440 g/mol. The van der Waals surface area contributed by atoms with Crippen molar-refractivity contribution in [1.82, 2.24) is 30.2 Å². The van der Waals surface area contributed by atoms with Gasteiger partial charge in [-0.15, -0.1) is 23.2 Å². The van der Waals surface area contributed by atoms with Crippen molar-refractivity contribution in [2.75, 3.05) is 153 Å². The fourth-order valence-electron chi connectivity index (χ4n) is 10.1. The van der Waals surface area contributed by atoms with E-state index in [0.717, 1.165) is 120 Å². The minimum absolute atomic E-state index is 0.100. The van der Waals surface area contributed by atoms with E-state index in [1.54, 1.807) is 18.2 Å². The zero-order valence-corrected chi connectivity index (χ0v) is 60.3. The third kappa shape index (κ3) is 27.6. The number of ether oxygens (including phenoxy) is 5. The number of aliphatic hydroxyl groups excluding tert-OH is 2. The summed E-state index contributed by atoms with van der Waals surface area (Å²) in [7, 11) is 5.79. The SMILES string of the molecule is CN(CCO)c1ccc2nc(/C=C(\C#N)c3nc4ccccc4o3)ccc2c1.CN(CCO)c1ccc2nc(C=O)ccc2c1.CN(CCOC(=O)NCCOCCOCCCCCCCl)c1ccc2nc(/C=C(\C#N)c3nc4ccccc4o3)ccc2c1.NCCOCCOCCCCCCCl. The Hall–Kier alpha value is -9.63. The van der Waals surface area contributed by atoms with E-state index in [-0.39, 0.29) is 31.6 Å². The number of aromatic nitrogens is 5. The van der Waals surface area contributed by atoms with Crippen molar-refractivity contribution in [3.63, 3.8) is 0 Å². The predicted octanol–water partition coefficient (Wildman–Crippen LogP) is 13.6. The molecule has 5 heterocycles. The number of likely N-dealkylation sites (N-methyl/N-ethyl adjacent to an activating group) is 3. The zero-order valence-electron chi connectivity index (χ0n) is 58.8. The van der Waals surface area contributed by atoms with Gasteiger partial charge in [-0.1, -0.05) is 68.1 Å². The summed E-state index contributed by atoms with van der Waals surface area (Å²) in [6, 6.07) is 47.9. The topological polar surface area (TPSA) is 307 Å². The first-order chi connectivity index (χ1) is 50.4. The van der Waals surface area contributed by atoms with E-state index in [1.165, 1.54) is 12.8 Å². The molecule has 0 aliphatic rings. The second kappa shape index (κ2) is 46.1. The number of para-hydroxylation sites is 4. The number of aliphatic hydroxyl groups is 2. The number of alkyl carbamates (subject to hydrolysis) is 1. The number of nitrogens with zero attached hydrogens (tertiary/aromatic N) is 10. The van der Waals surface area contributed by atoms with Gasteiger partial charge in [-0.25, -0.2) is 29.7 Å². The van der Waals surface area contributed by atoms with Gasteiger partial charge in [-0.2, -0.15) is 10.5 Å². The lowest BCUT2D eigenvalue weighted by molar-refractivity contribution is 0.0469. The first kappa shape index (κ1) is 80.7. The summed E-state index contributed by atoms with van der Waals surface area (Å²) in [5.74, 6) is 2.04. The Bertz CT molecular complexity index is 4290. The van der Waals surface area contributed by atoms with Crippen LogP contribution in [0.5, 0.6) is 0 Å². The van der Waals surface area contributed by atoms with Gasteiger partial charge in [0.25, 0.3) is 0 Å². The molecule has 10 rings (SSSR count). The number of hydrogen-bond donors (Lipinski definition) is 4. The number of amides is 1. The van der Waals surface area contributed by atoms with Crippen LogP contribution in [-0.4, -0.2) is 186 Å². The van der Waals surface area contributed by atoms with Crippen LogP contribution >= 0.6 is 23.2 Å². The molecule has 0 aliphatic carbocycles. The molecule has 10 aromatic rings. The van der Waals surface area contributed by atoms with Crippen LogP contribution in [0.25, 0.3) is 78.2 Å². The molecule has 0 fully saturated rings. The van der Waals surface area contributed by atoms with E-state index in [1.807, 2.05) is 169 Å². The number of oxazole rings is 2. The number of carbonyl (C=O) groups is 2. The minimum atomic E-state index is -0.479. The summed E-state index contributed by atoms with van der Waals surface area (Å²) in [6.07, 6.45) is 12.6. The van der Waals surface area contributed by atoms with E-state index in [9.17, 15) is 20.1 Å². The van der Waals surface area contributed by atoms with Crippen molar-refractivity contribution in [1.29, 1.82) is 10.5 Å². The normalized spacial score (nSPS) is 11.3. The molecule has 0 saturated heterocycles. The van der Waals surface area contributed by atoms with Gasteiger partial charge in [0.05, 0.1) is 87.3 Å². The second-order valence-corrected chi connectivity index (χ2v) is 24.2. The summed E-state index contributed by atoms with van der Waals surface area (Å²) in [5.41, 5.74) is 15.7. The fraction of sp³-hybridized carbons (Fsp3) is 0.372. The summed E-state index contributed by atoms with van der Waals surface area (Å²) < 4.78 is 38.3. The Morgan fingerprint density at radius 2 is 0.903 bits per heavy atom. The number of nitriles is 2. The molecular formula is C78H92Cl2N12O11. The van der Waals surface area contributed by atoms with Crippen molar-refractivity contribution in [3.05, 3.63) is 168 Å². The molecule has 0 spiro atoms. The van der Waals surface area contributed by atoms with Crippen molar-refractivity contribution in [3.8, 4) is 12.1 Å². The highest BCUT2D eigenvalue weighted by Gasteiger charge is 2.15. The smallest absolute Gasteiger partial charge is 0.407 e. The number of rotatable bonds is 38. The lowest BCUT2D eigenvalue weighted by Crippen LogP contribution is -2.31. The number of nitrogens with two attached hydrogens (primary N) is 1. The molecule has 0 saturated carbocycles. The standard InChI is InChI=1S/C33H38ClN5O5.C22H18N4O2.C13H14N2O2.C10H22ClNO2/c1-39(16-19-43-33(40)36-15-18-42-21-20-41-17-7-3-2-6-14-34)28-12-13-29-25(23-28)10-11-27(37-29)22-26(24-35)32-38-30-8-4-5-9-31(30)44-32;1-26(10-11-27)18-8-9-19-15(13-18)6-7-17(24-19)12-16(14-23)22-25-20-4-2-3-5-21(20)28-22;1-15(6-7-16)12-4-5-13-10(8-12)2-3-11(9-17)14-13;11-5-3-1-2-4-7-13-9-10-14-8-6-12/h4-5,8-13,22-23H,2-3,6-7,14-21H2,1H3,(H,36,40);2-9,12-13,27H,10-11H2,1H3;2-5,8-9,16H,6-7H2,1H3;1-10,12H2/b26-22+;16-12+;;. The van der Waals surface area contributed by atoms with Gasteiger partial charge in [-0.05, 0) is 135 Å². The maximum absolute atomic E-state index is 12.0. The Morgan fingerprint density at radius 1 is 0.495 bits per heavy atom. The average molecular weight is 1440 g/mol. The van der Waals surface area contributed by atoms with E-state index >= 15 is 0 Å². The molecule has 0 unspecified atom stereocenters. The zero-order chi connectivity index (χ0) is 73.2. The Kier molecular flexibility index (Phi) is 36.1. The summed E-state index contributed by atoms with van der Waals surface area (Å²) in [4.78, 5) is 50.9. The fourth-order valence-corrected chi connectivity index (χ4v) is 10.5. The summed E-state index contributed by atoms with van der Waals surface area (Å²) in [5, 5.41) is 42.8. The average Bonchev–Trinajstić information content (AvgIpc) is 1.80. The van der Waals surface area contributed by atoms with Crippen LogP contribution in [0.3, 0.4) is 0 Å². The maximum Gasteiger partial charge on any atom is 0.407 e. The van der Waals surface area contributed by atoms with Crippen LogP contribution in [0.1, 0.15) is 85.0 Å². The van der Waals surface area contributed by atoms with Crippen LogP contribution in [0, 0.1) is 22.7 Å². The first-order valence-corrected chi connectivity index (χ1v) is 35.5. The van der Waals surface area contributed by atoms with Crippen molar-refractivity contribution >= 4 is 131 Å². The van der Waals surface area contributed by atoms with E-state index in [0.29, 0.717) is 123 Å². The van der Waals surface area contributed by atoms with Crippen LogP contribution < -0.4 is 25.8 Å². The van der Waals surface area contributed by atoms with Crippen molar-refractivity contribution < 1.29 is 52.3 Å². The van der Waals surface area contributed by atoms with Crippen molar-refractivity contribution in [2.24, 2.45) is 5.73 Å². The number of fused-ring (bicyclic) bond motifs is 5. The highest BCUT2D eigenvalue weighted by atomic mass is 35.5. The lowest BCUT2D eigenvalue weighted by atomic mass is 10.1. The van der Waals surface area contributed by atoms with Gasteiger partial charge in [0, 0.05) is 106 Å². The number of allylic oxidation sites excluding steroid dienone is 2. The number of benzene rings is 5. The van der Waals surface area contributed by atoms with Gasteiger partial charge in [0.1, 0.15) is 46.6 Å². The Labute approximate surface area is 611 Å². The van der Waals surface area contributed by atoms with Crippen molar-refractivity contribution in [2.45, 2.75) is 51.4 Å². The van der Waals surface area contributed by atoms with Gasteiger partial charge < -0.3 is 68.5 Å². The molecule has 1 amide bonds. The lowest BCUT2D eigenvalue weighted by Gasteiger charge is -2.19. The highest BCUT2D eigenvalue weighted by Crippen LogP contribution is 2.28. The number of unbranched alkanes of at least 4 members (excludes halogenated alkanes) is 6. The molecule has 0 atom stereocenters. The number of pyridine rings is 3. The summed E-state index contributed by atoms with van der Waals surface area (Å²) in [6.45, 7) is 8.01. The highest BCUT2D eigenvalue weighted by molar-refractivity contribution is 6.18. The van der Waals surface area contributed by atoms with E-state index in [4.69, 9.17) is 71.7 Å². The Balaban J connectivity index is 0.000000213. The molecule has 0 radical (unpaired) electrons. The van der Waals surface area contributed by atoms with Crippen LogP contribution in [0.2, 0.25) is 0 Å². The molecule has 0 aliphatic heterocycles. The van der Waals surface area contributed by atoms with Gasteiger partial charge >= 0.3 is 6.09 Å².